The molecule has 0 spiro atoms. The highest BCUT2D eigenvalue weighted by molar-refractivity contribution is 7.11. The molecule has 20 heavy (non-hydrogen) atoms. The van der Waals surface area contributed by atoms with E-state index >= 15 is 0 Å². The Bertz CT molecular complexity index is 660. The molecule has 0 aromatic carbocycles. The number of hydrogen-bond acceptors (Lipinski definition) is 7. The first-order chi connectivity index (χ1) is 9.38. The Morgan fingerprint density at radius 3 is 2.70 bits per heavy atom. The quantitative estimate of drug-likeness (QED) is 0.529. The van der Waals surface area contributed by atoms with Gasteiger partial charge >= 0.3 is 5.69 Å². The SMILES string of the molecule is Cc1nc(C)c(C(C)Nc2nc(Cl)ncc2[N+](=O)[O-])s1. The van der Waals surface area contributed by atoms with Crippen LogP contribution < -0.4 is 5.32 Å². The van der Waals surface area contributed by atoms with E-state index in [1.807, 2.05) is 20.8 Å². The summed E-state index contributed by atoms with van der Waals surface area (Å²) >= 11 is 7.23. The molecule has 0 saturated heterocycles. The smallest absolute Gasteiger partial charge is 0.329 e. The average molecular weight is 314 g/mol. The van der Waals surface area contributed by atoms with Crippen LogP contribution in [0.1, 0.15) is 28.5 Å². The van der Waals surface area contributed by atoms with E-state index in [4.69, 9.17) is 11.6 Å². The normalized spacial score (nSPS) is 12.2. The molecule has 0 fully saturated rings. The minimum Gasteiger partial charge on any atom is -0.357 e. The number of halogens is 1. The zero-order valence-electron chi connectivity index (χ0n) is 11.0. The second-order valence-electron chi connectivity index (χ2n) is 4.18. The van der Waals surface area contributed by atoms with E-state index in [0.29, 0.717) is 0 Å². The monoisotopic (exact) mass is 313 g/mol. The first-order valence-electron chi connectivity index (χ1n) is 5.76. The molecule has 7 nitrogen and oxygen atoms in total. The molecule has 1 unspecified atom stereocenters. The van der Waals surface area contributed by atoms with Crippen molar-refractivity contribution < 1.29 is 4.92 Å². The molecule has 0 radical (unpaired) electrons. The maximum absolute atomic E-state index is 11.0. The second kappa shape index (κ2) is 5.68. The van der Waals surface area contributed by atoms with E-state index in [0.717, 1.165) is 21.8 Å². The van der Waals surface area contributed by atoms with Crippen molar-refractivity contribution in [3.8, 4) is 0 Å². The summed E-state index contributed by atoms with van der Waals surface area (Å²) in [5, 5.41) is 14.9. The molecule has 9 heteroatoms. The Balaban J connectivity index is 2.32. The molecular formula is C11H12ClN5O2S. The molecule has 0 aliphatic carbocycles. The fourth-order valence-corrected chi connectivity index (χ4v) is 2.88. The molecule has 0 aliphatic rings. The minimum absolute atomic E-state index is 0.0393. The van der Waals surface area contributed by atoms with Gasteiger partial charge in [-0.3, -0.25) is 10.1 Å². The summed E-state index contributed by atoms with van der Waals surface area (Å²) in [5.74, 6) is 0.105. The minimum atomic E-state index is -0.545. The highest BCUT2D eigenvalue weighted by atomic mass is 35.5. The first kappa shape index (κ1) is 14.6. The summed E-state index contributed by atoms with van der Waals surface area (Å²) in [6, 6.07) is -0.161. The molecule has 1 N–H and O–H groups in total. The molecular weight excluding hydrogens is 302 g/mol. The highest BCUT2D eigenvalue weighted by Gasteiger charge is 2.21. The van der Waals surface area contributed by atoms with E-state index < -0.39 is 4.92 Å². The molecule has 2 aromatic rings. The van der Waals surface area contributed by atoms with Crippen molar-refractivity contribution in [1.82, 2.24) is 15.0 Å². The number of rotatable bonds is 4. The van der Waals surface area contributed by atoms with Gasteiger partial charge in [-0.2, -0.15) is 4.98 Å². The highest BCUT2D eigenvalue weighted by Crippen LogP contribution is 2.30. The largest absolute Gasteiger partial charge is 0.357 e. The van der Waals surface area contributed by atoms with Crippen LogP contribution in [0, 0.1) is 24.0 Å². The van der Waals surface area contributed by atoms with E-state index in [1.54, 1.807) is 11.3 Å². The summed E-state index contributed by atoms with van der Waals surface area (Å²) < 4.78 is 0. The van der Waals surface area contributed by atoms with Gasteiger partial charge in [-0.05, 0) is 32.4 Å². The van der Waals surface area contributed by atoms with Gasteiger partial charge in [0.1, 0.15) is 6.20 Å². The van der Waals surface area contributed by atoms with Gasteiger partial charge in [0.2, 0.25) is 11.1 Å². The third-order valence-corrected chi connectivity index (χ3v) is 4.06. The maximum atomic E-state index is 11.0. The van der Waals surface area contributed by atoms with Crippen LogP contribution in [-0.2, 0) is 0 Å². The number of hydrogen-bond donors (Lipinski definition) is 1. The number of thiazole rings is 1. The molecule has 0 amide bonds. The van der Waals surface area contributed by atoms with E-state index in [9.17, 15) is 10.1 Å². The van der Waals surface area contributed by atoms with Gasteiger partial charge in [0.15, 0.2) is 0 Å². The molecule has 2 heterocycles. The van der Waals surface area contributed by atoms with Crippen molar-refractivity contribution in [3.05, 3.63) is 37.2 Å². The predicted molar refractivity (Wildman–Crippen MR) is 77.3 cm³/mol. The van der Waals surface area contributed by atoms with E-state index in [-0.39, 0.29) is 22.8 Å². The van der Waals surface area contributed by atoms with Crippen LogP contribution in [0.3, 0.4) is 0 Å². The lowest BCUT2D eigenvalue weighted by atomic mass is 10.2. The van der Waals surface area contributed by atoms with Crippen molar-refractivity contribution in [2.75, 3.05) is 5.32 Å². The number of nitro groups is 1. The zero-order chi connectivity index (χ0) is 14.9. The van der Waals surface area contributed by atoms with Crippen molar-refractivity contribution in [2.24, 2.45) is 0 Å². The van der Waals surface area contributed by atoms with Crippen LogP contribution in [0.4, 0.5) is 11.5 Å². The van der Waals surface area contributed by atoms with Crippen molar-refractivity contribution in [2.45, 2.75) is 26.8 Å². The number of nitrogens with zero attached hydrogens (tertiary/aromatic N) is 4. The van der Waals surface area contributed by atoms with Crippen LogP contribution in [0.5, 0.6) is 0 Å². The Labute approximate surface area is 124 Å². The van der Waals surface area contributed by atoms with Gasteiger partial charge in [0.05, 0.1) is 21.7 Å². The molecule has 0 bridgehead atoms. The summed E-state index contributed by atoms with van der Waals surface area (Å²) in [6.07, 6.45) is 1.09. The zero-order valence-corrected chi connectivity index (χ0v) is 12.6. The molecule has 0 aliphatic heterocycles. The van der Waals surface area contributed by atoms with Crippen molar-refractivity contribution in [1.29, 1.82) is 0 Å². The van der Waals surface area contributed by atoms with Crippen LogP contribution in [0.2, 0.25) is 5.28 Å². The topological polar surface area (TPSA) is 93.8 Å². The summed E-state index contributed by atoms with van der Waals surface area (Å²) in [6.45, 7) is 5.70. The summed E-state index contributed by atoms with van der Waals surface area (Å²) in [4.78, 5) is 23.3. The third-order valence-electron chi connectivity index (χ3n) is 2.62. The standard InChI is InChI=1S/C11H12ClN5O2S/c1-5-9(20-7(3)14-5)6(2)15-10-8(17(18)19)4-13-11(12)16-10/h4,6H,1-3H3,(H,13,15,16). The molecule has 2 rings (SSSR count). The lowest BCUT2D eigenvalue weighted by Crippen LogP contribution is -2.10. The lowest BCUT2D eigenvalue weighted by Gasteiger charge is -2.13. The van der Waals surface area contributed by atoms with Gasteiger partial charge in [0.25, 0.3) is 0 Å². The Morgan fingerprint density at radius 1 is 1.45 bits per heavy atom. The van der Waals surface area contributed by atoms with Crippen LogP contribution >= 0.6 is 22.9 Å². The maximum Gasteiger partial charge on any atom is 0.329 e. The Hall–Kier alpha value is -1.80. The summed E-state index contributed by atoms with van der Waals surface area (Å²) in [7, 11) is 0. The van der Waals surface area contributed by atoms with Gasteiger partial charge in [-0.25, -0.2) is 9.97 Å². The van der Waals surface area contributed by atoms with Crippen molar-refractivity contribution >= 4 is 34.4 Å². The Morgan fingerprint density at radius 2 is 2.15 bits per heavy atom. The van der Waals surface area contributed by atoms with Gasteiger partial charge in [-0.15, -0.1) is 11.3 Å². The molecule has 0 saturated carbocycles. The Kier molecular flexibility index (Phi) is 4.15. The van der Waals surface area contributed by atoms with Gasteiger partial charge < -0.3 is 5.32 Å². The van der Waals surface area contributed by atoms with Crippen molar-refractivity contribution in [3.63, 3.8) is 0 Å². The van der Waals surface area contributed by atoms with Gasteiger partial charge in [-0.1, -0.05) is 0 Å². The average Bonchev–Trinajstić information content (AvgIpc) is 2.68. The molecule has 106 valence electrons. The fraction of sp³-hybridized carbons (Fsp3) is 0.364. The number of nitrogens with one attached hydrogen (secondary N) is 1. The number of aromatic nitrogens is 3. The number of anilines is 1. The fourth-order valence-electron chi connectivity index (χ4n) is 1.81. The second-order valence-corrected chi connectivity index (χ2v) is 5.75. The summed E-state index contributed by atoms with van der Waals surface area (Å²) in [5.41, 5.74) is 0.690. The van der Waals surface area contributed by atoms with Crippen LogP contribution in [0.25, 0.3) is 0 Å². The third kappa shape index (κ3) is 3.02. The van der Waals surface area contributed by atoms with Crippen LogP contribution in [0.15, 0.2) is 6.20 Å². The predicted octanol–water partition coefficient (Wildman–Crippen LogP) is 3.28. The first-order valence-corrected chi connectivity index (χ1v) is 6.95. The number of aryl methyl sites for hydroxylation is 2. The van der Waals surface area contributed by atoms with E-state index in [2.05, 4.69) is 20.3 Å². The van der Waals surface area contributed by atoms with Crippen LogP contribution in [-0.4, -0.2) is 19.9 Å². The lowest BCUT2D eigenvalue weighted by molar-refractivity contribution is -0.384. The van der Waals surface area contributed by atoms with Gasteiger partial charge in [0, 0.05) is 4.88 Å². The molecule has 2 aromatic heterocycles. The molecule has 1 atom stereocenters. The van der Waals surface area contributed by atoms with E-state index in [1.165, 1.54) is 0 Å².